The molecule has 168 valence electrons. The van der Waals surface area contributed by atoms with Crippen molar-refractivity contribution in [3.8, 4) is 17.2 Å². The minimum atomic E-state index is 0.583. The van der Waals surface area contributed by atoms with Crippen molar-refractivity contribution in [2.24, 2.45) is 4.99 Å². The first kappa shape index (κ1) is 22.5. The lowest BCUT2D eigenvalue weighted by Crippen LogP contribution is -2.46. The summed E-state index contributed by atoms with van der Waals surface area (Å²) in [6, 6.07) is 4.36. The summed E-state index contributed by atoms with van der Waals surface area (Å²) in [7, 11) is 4.98. The van der Waals surface area contributed by atoms with Gasteiger partial charge in [-0.3, -0.25) is 9.89 Å². The number of likely N-dealkylation sites (tertiary alicyclic amines) is 1. The number of nitrogens with zero attached hydrogens (tertiary/aromatic N) is 3. The molecular weight excluding hydrogens is 384 g/mol. The Bertz CT molecular complexity index is 681. The van der Waals surface area contributed by atoms with Crippen LogP contribution in [0.25, 0.3) is 0 Å². The van der Waals surface area contributed by atoms with Crippen LogP contribution in [-0.2, 0) is 11.2 Å². The van der Waals surface area contributed by atoms with Crippen molar-refractivity contribution in [2.75, 3.05) is 73.8 Å². The highest BCUT2D eigenvalue weighted by atomic mass is 16.5. The molecule has 2 aliphatic rings. The highest BCUT2D eigenvalue weighted by molar-refractivity contribution is 5.80. The first-order valence-corrected chi connectivity index (χ1v) is 10.8. The van der Waals surface area contributed by atoms with Crippen molar-refractivity contribution in [3.63, 3.8) is 0 Å². The maximum atomic E-state index is 5.57. The summed E-state index contributed by atoms with van der Waals surface area (Å²) in [5, 5.41) is 3.46. The van der Waals surface area contributed by atoms with Crippen LogP contribution in [0.15, 0.2) is 17.1 Å². The lowest BCUT2D eigenvalue weighted by Gasteiger charge is -2.32. The van der Waals surface area contributed by atoms with Gasteiger partial charge in [0.1, 0.15) is 17.2 Å². The predicted octanol–water partition coefficient (Wildman–Crippen LogP) is 1.63. The number of benzene rings is 1. The van der Waals surface area contributed by atoms with E-state index in [0.717, 1.165) is 81.1 Å². The van der Waals surface area contributed by atoms with Crippen molar-refractivity contribution in [3.05, 3.63) is 17.7 Å². The molecule has 0 aromatic heterocycles. The van der Waals surface area contributed by atoms with E-state index >= 15 is 0 Å². The van der Waals surface area contributed by atoms with Crippen LogP contribution in [0, 0.1) is 0 Å². The third-order valence-electron chi connectivity index (χ3n) is 5.80. The van der Waals surface area contributed by atoms with Crippen LogP contribution in [0.2, 0.25) is 0 Å². The van der Waals surface area contributed by atoms with Crippen LogP contribution < -0.4 is 19.5 Å². The van der Waals surface area contributed by atoms with E-state index in [0.29, 0.717) is 12.6 Å². The summed E-state index contributed by atoms with van der Waals surface area (Å²) >= 11 is 0. The van der Waals surface area contributed by atoms with Gasteiger partial charge in [0.15, 0.2) is 5.96 Å². The first-order valence-electron chi connectivity index (χ1n) is 10.8. The summed E-state index contributed by atoms with van der Waals surface area (Å²) in [6.07, 6.45) is 1.90. The number of nitrogens with one attached hydrogen (secondary N) is 1. The zero-order valence-electron chi connectivity index (χ0n) is 18.8. The lowest BCUT2D eigenvalue weighted by atomic mass is 10.1. The van der Waals surface area contributed by atoms with E-state index < -0.39 is 0 Å². The Kier molecular flexibility index (Phi) is 8.45. The average molecular weight is 421 g/mol. The van der Waals surface area contributed by atoms with Crippen molar-refractivity contribution >= 4 is 5.96 Å². The van der Waals surface area contributed by atoms with Gasteiger partial charge >= 0.3 is 0 Å². The van der Waals surface area contributed by atoms with E-state index in [1.165, 1.54) is 6.42 Å². The zero-order valence-corrected chi connectivity index (χ0v) is 18.8. The second-order valence-electron chi connectivity index (χ2n) is 7.53. The van der Waals surface area contributed by atoms with Crippen molar-refractivity contribution in [2.45, 2.75) is 25.8 Å². The first-order chi connectivity index (χ1) is 14.7. The van der Waals surface area contributed by atoms with Crippen molar-refractivity contribution in [1.82, 2.24) is 15.1 Å². The topological polar surface area (TPSA) is 67.8 Å². The SMILES string of the molecule is CCNC(=NCCc1c(OC)cc(OC)cc1OC)N1CCC(N2CCOCC2)C1. The Hall–Kier alpha value is -2.19. The number of ether oxygens (including phenoxy) is 4. The Morgan fingerprint density at radius 1 is 1.10 bits per heavy atom. The highest BCUT2D eigenvalue weighted by Crippen LogP contribution is 2.34. The summed E-state index contributed by atoms with van der Waals surface area (Å²) in [5.41, 5.74) is 1.01. The molecule has 8 heteroatoms. The molecule has 0 amide bonds. The molecule has 0 bridgehead atoms. The normalized spacial score (nSPS) is 20.3. The van der Waals surface area contributed by atoms with Crippen LogP contribution in [0.4, 0.5) is 0 Å². The summed E-state index contributed by atoms with van der Waals surface area (Å²) in [5.74, 6) is 3.23. The number of morpholine rings is 1. The molecule has 1 atom stereocenters. The maximum absolute atomic E-state index is 5.57. The molecule has 30 heavy (non-hydrogen) atoms. The molecule has 8 nitrogen and oxygen atoms in total. The van der Waals surface area contributed by atoms with Gasteiger partial charge in [-0.05, 0) is 19.8 Å². The summed E-state index contributed by atoms with van der Waals surface area (Å²) < 4.78 is 22.0. The monoisotopic (exact) mass is 420 g/mol. The standard InChI is InChI=1S/C22H36N4O4/c1-5-23-22(26-9-7-17(16-26)25-10-12-30-13-11-25)24-8-6-19-20(28-3)14-18(27-2)15-21(19)29-4/h14-15,17H,5-13,16H2,1-4H3,(H,23,24). The number of hydrogen-bond donors (Lipinski definition) is 1. The Labute approximate surface area is 180 Å². The van der Waals surface area contributed by atoms with Crippen LogP contribution >= 0.6 is 0 Å². The lowest BCUT2D eigenvalue weighted by molar-refractivity contribution is 0.0195. The Morgan fingerprint density at radius 2 is 1.80 bits per heavy atom. The van der Waals surface area contributed by atoms with Gasteiger partial charge in [-0.2, -0.15) is 0 Å². The van der Waals surface area contributed by atoms with E-state index in [4.69, 9.17) is 23.9 Å². The number of aliphatic imine (C=N–C) groups is 1. The molecular formula is C22H36N4O4. The summed E-state index contributed by atoms with van der Waals surface area (Å²) in [6.45, 7) is 9.41. The maximum Gasteiger partial charge on any atom is 0.193 e. The largest absolute Gasteiger partial charge is 0.496 e. The molecule has 2 saturated heterocycles. The van der Waals surface area contributed by atoms with Crippen LogP contribution in [0.5, 0.6) is 17.2 Å². The van der Waals surface area contributed by atoms with E-state index in [2.05, 4.69) is 22.0 Å². The molecule has 3 rings (SSSR count). The minimum absolute atomic E-state index is 0.583. The van der Waals surface area contributed by atoms with E-state index in [1.807, 2.05) is 12.1 Å². The molecule has 2 fully saturated rings. The smallest absolute Gasteiger partial charge is 0.193 e. The molecule has 0 radical (unpaired) electrons. The molecule has 1 aromatic rings. The van der Waals surface area contributed by atoms with E-state index in [1.54, 1.807) is 21.3 Å². The quantitative estimate of drug-likeness (QED) is 0.506. The van der Waals surface area contributed by atoms with Crippen LogP contribution in [0.1, 0.15) is 18.9 Å². The number of guanidine groups is 1. The third-order valence-corrected chi connectivity index (χ3v) is 5.80. The second-order valence-corrected chi connectivity index (χ2v) is 7.53. The van der Waals surface area contributed by atoms with Gasteiger partial charge in [-0.25, -0.2) is 0 Å². The molecule has 0 saturated carbocycles. The summed E-state index contributed by atoms with van der Waals surface area (Å²) in [4.78, 5) is 9.85. The number of rotatable bonds is 8. The fraction of sp³-hybridized carbons (Fsp3) is 0.682. The fourth-order valence-corrected chi connectivity index (χ4v) is 4.20. The Balaban J connectivity index is 1.65. The van der Waals surface area contributed by atoms with Crippen LogP contribution in [-0.4, -0.2) is 95.6 Å². The van der Waals surface area contributed by atoms with Gasteiger partial charge in [-0.1, -0.05) is 0 Å². The van der Waals surface area contributed by atoms with Crippen molar-refractivity contribution < 1.29 is 18.9 Å². The van der Waals surface area contributed by atoms with Crippen molar-refractivity contribution in [1.29, 1.82) is 0 Å². The highest BCUT2D eigenvalue weighted by Gasteiger charge is 2.30. The Morgan fingerprint density at radius 3 is 2.40 bits per heavy atom. The molecule has 2 aliphatic heterocycles. The van der Waals surface area contributed by atoms with Gasteiger partial charge in [0.05, 0.1) is 34.5 Å². The van der Waals surface area contributed by atoms with E-state index in [9.17, 15) is 0 Å². The molecule has 2 heterocycles. The van der Waals surface area contributed by atoms with Gasteiger partial charge in [0, 0.05) is 63.0 Å². The van der Waals surface area contributed by atoms with Gasteiger partial charge in [0.2, 0.25) is 0 Å². The molecule has 1 aromatic carbocycles. The minimum Gasteiger partial charge on any atom is -0.496 e. The average Bonchev–Trinajstić information content (AvgIpc) is 3.29. The number of methoxy groups -OCH3 is 3. The van der Waals surface area contributed by atoms with Gasteiger partial charge < -0.3 is 29.2 Å². The predicted molar refractivity (Wildman–Crippen MR) is 118 cm³/mol. The molecule has 0 aliphatic carbocycles. The molecule has 1 N–H and O–H groups in total. The fourth-order valence-electron chi connectivity index (χ4n) is 4.20. The molecule has 1 unspecified atom stereocenters. The zero-order chi connectivity index (χ0) is 21.3. The second kappa shape index (κ2) is 11.3. The molecule has 0 spiro atoms. The van der Waals surface area contributed by atoms with Crippen LogP contribution in [0.3, 0.4) is 0 Å². The number of hydrogen-bond acceptors (Lipinski definition) is 6. The third kappa shape index (κ3) is 5.49. The van der Waals surface area contributed by atoms with Gasteiger partial charge in [0.25, 0.3) is 0 Å². The van der Waals surface area contributed by atoms with Gasteiger partial charge in [-0.15, -0.1) is 0 Å². The van der Waals surface area contributed by atoms with E-state index in [-0.39, 0.29) is 0 Å².